The third-order valence-corrected chi connectivity index (χ3v) is 7.46. The minimum Gasteiger partial charge on any atom is -0.355 e. The van der Waals surface area contributed by atoms with Crippen LogP contribution in [0.4, 0.5) is 5.82 Å². The van der Waals surface area contributed by atoms with E-state index in [4.69, 9.17) is 0 Å². The van der Waals surface area contributed by atoms with Crippen LogP contribution in [0.1, 0.15) is 23.3 Å². The zero-order valence-electron chi connectivity index (χ0n) is 17.5. The number of nitrogens with one attached hydrogen (secondary N) is 1. The van der Waals surface area contributed by atoms with Crippen molar-refractivity contribution in [3.63, 3.8) is 0 Å². The number of piperazine rings is 1. The molecule has 4 heterocycles. The molecule has 160 valence electrons. The van der Waals surface area contributed by atoms with Crippen molar-refractivity contribution in [1.29, 1.82) is 0 Å². The van der Waals surface area contributed by atoms with Crippen molar-refractivity contribution in [2.24, 2.45) is 5.92 Å². The number of benzene rings is 1. The number of fused-ring (bicyclic) bond motifs is 1. The lowest BCUT2D eigenvalue weighted by Gasteiger charge is -2.37. The lowest BCUT2D eigenvalue weighted by atomic mass is 9.87. The fraction of sp³-hybridized carbons (Fsp3) is 0.391. The Balaban J connectivity index is 1.31. The second-order valence-corrected chi connectivity index (χ2v) is 9.15. The van der Waals surface area contributed by atoms with Crippen molar-refractivity contribution in [3.8, 4) is 0 Å². The minimum atomic E-state index is -0.649. The van der Waals surface area contributed by atoms with Gasteiger partial charge in [0.15, 0.2) is 0 Å². The third kappa shape index (κ3) is 3.65. The summed E-state index contributed by atoms with van der Waals surface area (Å²) in [5.41, 5.74) is 1.03. The van der Waals surface area contributed by atoms with E-state index in [9.17, 15) is 9.59 Å². The van der Waals surface area contributed by atoms with Crippen molar-refractivity contribution < 1.29 is 9.59 Å². The van der Waals surface area contributed by atoms with Gasteiger partial charge in [-0.3, -0.25) is 9.59 Å². The molecule has 0 bridgehead atoms. The van der Waals surface area contributed by atoms with E-state index in [0.29, 0.717) is 32.7 Å². The van der Waals surface area contributed by atoms with Gasteiger partial charge in [-0.15, -0.1) is 11.3 Å². The summed E-state index contributed by atoms with van der Waals surface area (Å²) in [5.74, 6) is -0.0548. The van der Waals surface area contributed by atoms with Crippen LogP contribution in [0.2, 0.25) is 0 Å². The molecule has 0 spiro atoms. The molecule has 2 aliphatic heterocycles. The quantitative estimate of drug-likeness (QED) is 0.637. The van der Waals surface area contributed by atoms with Gasteiger partial charge < -0.3 is 15.1 Å². The number of hydrogen-bond donors (Lipinski definition) is 1. The average molecular weight is 436 g/mol. The normalized spacial score (nSPS) is 21.5. The standard InChI is InChI=1S/C23H25N5O2S/c1-2-16-12-17-20(25-14-26-22(17)31-16)27-8-10-28(11-9-27)23(30)19-18(13-24-21(19)29)15-6-4-3-5-7-15/h3-7,12,14,18-19H,2,8-11,13H2,1H3,(H,24,29)/t18-,19+/m0/s1. The summed E-state index contributed by atoms with van der Waals surface area (Å²) in [6.07, 6.45) is 2.60. The van der Waals surface area contributed by atoms with Crippen LogP contribution < -0.4 is 10.2 Å². The predicted octanol–water partition coefficient (Wildman–Crippen LogP) is 2.43. The molecule has 2 aliphatic rings. The molecule has 0 saturated carbocycles. The van der Waals surface area contributed by atoms with E-state index in [1.54, 1.807) is 17.7 Å². The Hall–Kier alpha value is -3.00. The smallest absolute Gasteiger partial charge is 0.235 e. The van der Waals surface area contributed by atoms with Crippen LogP contribution in [-0.4, -0.2) is 59.4 Å². The highest BCUT2D eigenvalue weighted by molar-refractivity contribution is 7.18. The Morgan fingerprint density at radius 2 is 1.94 bits per heavy atom. The Bertz CT molecular complexity index is 1110. The predicted molar refractivity (Wildman–Crippen MR) is 121 cm³/mol. The lowest BCUT2D eigenvalue weighted by Crippen LogP contribution is -2.52. The van der Waals surface area contributed by atoms with E-state index in [2.05, 4.69) is 33.2 Å². The molecule has 2 atom stereocenters. The highest BCUT2D eigenvalue weighted by Gasteiger charge is 2.43. The van der Waals surface area contributed by atoms with Crippen molar-refractivity contribution in [2.75, 3.05) is 37.6 Å². The second kappa shape index (κ2) is 8.26. The Morgan fingerprint density at radius 1 is 1.16 bits per heavy atom. The monoisotopic (exact) mass is 435 g/mol. The van der Waals surface area contributed by atoms with Crippen LogP contribution in [0.15, 0.2) is 42.7 Å². The van der Waals surface area contributed by atoms with E-state index in [1.807, 2.05) is 35.2 Å². The van der Waals surface area contributed by atoms with Gasteiger partial charge >= 0.3 is 0 Å². The van der Waals surface area contributed by atoms with Crippen LogP contribution in [0.5, 0.6) is 0 Å². The van der Waals surface area contributed by atoms with Gasteiger partial charge in [0.05, 0.1) is 5.39 Å². The molecule has 0 radical (unpaired) electrons. The zero-order valence-corrected chi connectivity index (χ0v) is 18.3. The molecule has 2 saturated heterocycles. The van der Waals surface area contributed by atoms with Gasteiger partial charge in [-0.1, -0.05) is 37.3 Å². The molecular formula is C23H25N5O2S. The molecule has 2 amide bonds. The van der Waals surface area contributed by atoms with Gasteiger partial charge in [-0.25, -0.2) is 9.97 Å². The first-order valence-corrected chi connectivity index (χ1v) is 11.6. The molecule has 31 heavy (non-hydrogen) atoms. The van der Waals surface area contributed by atoms with Gasteiger partial charge in [0.25, 0.3) is 0 Å². The van der Waals surface area contributed by atoms with Gasteiger partial charge in [-0.05, 0) is 18.1 Å². The largest absolute Gasteiger partial charge is 0.355 e. The third-order valence-electron chi connectivity index (χ3n) is 6.27. The number of anilines is 1. The summed E-state index contributed by atoms with van der Waals surface area (Å²) in [7, 11) is 0. The molecule has 1 aromatic carbocycles. The maximum atomic E-state index is 13.3. The molecule has 0 unspecified atom stereocenters. The van der Waals surface area contributed by atoms with E-state index in [-0.39, 0.29) is 17.7 Å². The van der Waals surface area contributed by atoms with Gasteiger partial charge in [0.2, 0.25) is 11.8 Å². The van der Waals surface area contributed by atoms with Crippen LogP contribution >= 0.6 is 11.3 Å². The highest BCUT2D eigenvalue weighted by atomic mass is 32.1. The van der Waals surface area contributed by atoms with E-state index in [1.165, 1.54) is 4.88 Å². The fourth-order valence-electron chi connectivity index (χ4n) is 4.57. The van der Waals surface area contributed by atoms with E-state index >= 15 is 0 Å². The highest BCUT2D eigenvalue weighted by Crippen LogP contribution is 2.33. The number of rotatable bonds is 4. The number of carbonyl (C=O) groups excluding carboxylic acids is 2. The molecule has 7 nitrogen and oxygen atoms in total. The first kappa shape index (κ1) is 19.9. The topological polar surface area (TPSA) is 78.4 Å². The van der Waals surface area contributed by atoms with Crippen LogP contribution in [-0.2, 0) is 16.0 Å². The maximum absolute atomic E-state index is 13.3. The van der Waals surface area contributed by atoms with Gasteiger partial charge in [-0.2, -0.15) is 0 Å². The Labute approximate surface area is 185 Å². The van der Waals surface area contributed by atoms with Crippen LogP contribution in [0.3, 0.4) is 0 Å². The first-order chi connectivity index (χ1) is 15.2. The van der Waals surface area contributed by atoms with Crippen molar-refractivity contribution >= 4 is 39.2 Å². The molecular weight excluding hydrogens is 410 g/mol. The summed E-state index contributed by atoms with van der Waals surface area (Å²) < 4.78 is 0. The average Bonchev–Trinajstić information content (AvgIpc) is 3.42. The molecule has 0 aliphatic carbocycles. The minimum absolute atomic E-state index is 0.0693. The SMILES string of the molecule is CCc1cc2c(N3CCN(C(=O)[C@H]4C(=O)NC[C@H]4c4ccccc4)CC3)ncnc2s1. The molecule has 1 N–H and O–H groups in total. The molecule has 3 aromatic rings. The molecule has 8 heteroatoms. The molecule has 2 aromatic heterocycles. The fourth-order valence-corrected chi connectivity index (χ4v) is 5.50. The number of thiophene rings is 1. The summed E-state index contributed by atoms with van der Waals surface area (Å²) in [4.78, 5) is 41.2. The Morgan fingerprint density at radius 3 is 2.68 bits per heavy atom. The van der Waals surface area contributed by atoms with E-state index in [0.717, 1.165) is 28.0 Å². The van der Waals surface area contributed by atoms with Crippen LogP contribution in [0, 0.1) is 5.92 Å². The maximum Gasteiger partial charge on any atom is 0.235 e. The second-order valence-electron chi connectivity index (χ2n) is 8.03. The van der Waals surface area contributed by atoms with E-state index < -0.39 is 5.92 Å². The summed E-state index contributed by atoms with van der Waals surface area (Å²) >= 11 is 1.71. The number of amides is 2. The molecule has 2 fully saturated rings. The number of aryl methyl sites for hydroxylation is 1. The van der Waals surface area contributed by atoms with Crippen molar-refractivity contribution in [3.05, 3.63) is 53.2 Å². The summed E-state index contributed by atoms with van der Waals surface area (Å²) in [5, 5.41) is 3.97. The van der Waals surface area contributed by atoms with Gasteiger partial charge in [0, 0.05) is 43.5 Å². The number of hydrogen-bond acceptors (Lipinski definition) is 6. The van der Waals surface area contributed by atoms with Crippen molar-refractivity contribution in [2.45, 2.75) is 19.3 Å². The number of nitrogens with zero attached hydrogens (tertiary/aromatic N) is 4. The first-order valence-electron chi connectivity index (χ1n) is 10.8. The number of carbonyl (C=O) groups is 2. The zero-order chi connectivity index (χ0) is 21.4. The Kier molecular flexibility index (Phi) is 5.31. The van der Waals surface area contributed by atoms with Crippen molar-refractivity contribution in [1.82, 2.24) is 20.2 Å². The summed E-state index contributed by atoms with van der Waals surface area (Å²) in [6.45, 7) is 5.21. The summed E-state index contributed by atoms with van der Waals surface area (Å²) in [6, 6.07) is 12.0. The number of aromatic nitrogens is 2. The van der Waals surface area contributed by atoms with Gasteiger partial charge in [0.1, 0.15) is 22.9 Å². The van der Waals surface area contributed by atoms with Crippen LogP contribution in [0.25, 0.3) is 10.2 Å². The molecule has 5 rings (SSSR count). The lowest BCUT2D eigenvalue weighted by molar-refractivity contribution is -0.141.